The van der Waals surface area contributed by atoms with E-state index in [1.54, 1.807) is 6.07 Å². The Morgan fingerprint density at radius 3 is 2.57 bits per heavy atom. The third-order valence-corrected chi connectivity index (χ3v) is 6.93. The molecule has 0 saturated heterocycles. The number of nitrogens with one attached hydrogen (secondary N) is 1. The number of aromatic carboxylic acids is 1. The van der Waals surface area contributed by atoms with Crippen molar-refractivity contribution in [3.05, 3.63) is 113 Å². The van der Waals surface area contributed by atoms with E-state index in [4.69, 9.17) is 4.74 Å². The monoisotopic (exact) mass is 487 g/mol. The highest BCUT2D eigenvalue weighted by atomic mass is 35.5. The lowest BCUT2D eigenvalue weighted by atomic mass is 9.81. The second-order valence-electron chi connectivity index (χ2n) is 9.14. The predicted octanol–water partition coefficient (Wildman–Crippen LogP) is 6.90. The van der Waals surface area contributed by atoms with Crippen LogP contribution in [0.4, 0.5) is 0 Å². The number of halogens is 1. The van der Waals surface area contributed by atoms with E-state index >= 15 is 0 Å². The molecule has 3 atom stereocenters. The SMILES string of the molecule is Cc1ccc(C(=O)O)cc1[C@@H]1C[C@H](CNC(C)c2cccc3ccccc23)Oc2ccccc21.Cl. The average Bonchev–Trinajstić information content (AvgIpc) is 2.86. The quantitative estimate of drug-likeness (QED) is 0.310. The van der Waals surface area contributed by atoms with Crippen molar-refractivity contribution in [2.75, 3.05) is 6.54 Å². The fraction of sp³-hybridized carbons (Fsp3) is 0.233. The van der Waals surface area contributed by atoms with Crippen molar-refractivity contribution in [1.82, 2.24) is 5.32 Å². The number of hydrogen-bond acceptors (Lipinski definition) is 3. The van der Waals surface area contributed by atoms with Crippen LogP contribution in [0.5, 0.6) is 5.75 Å². The number of carbonyl (C=O) groups is 1. The van der Waals surface area contributed by atoms with E-state index in [0.29, 0.717) is 12.1 Å². The Bertz CT molecular complexity index is 1350. The molecule has 5 heteroatoms. The largest absolute Gasteiger partial charge is 0.489 e. The number of benzene rings is 4. The number of fused-ring (bicyclic) bond motifs is 2. The summed E-state index contributed by atoms with van der Waals surface area (Å²) in [5, 5.41) is 15.7. The fourth-order valence-electron chi connectivity index (χ4n) is 5.11. The van der Waals surface area contributed by atoms with Gasteiger partial charge in [0.15, 0.2) is 0 Å². The molecule has 0 aliphatic carbocycles. The number of hydrogen-bond donors (Lipinski definition) is 2. The zero-order chi connectivity index (χ0) is 23.7. The maximum absolute atomic E-state index is 11.6. The van der Waals surface area contributed by atoms with Crippen molar-refractivity contribution in [2.45, 2.75) is 38.3 Å². The minimum Gasteiger partial charge on any atom is -0.489 e. The highest BCUT2D eigenvalue weighted by Gasteiger charge is 2.30. The van der Waals surface area contributed by atoms with Gasteiger partial charge in [0.05, 0.1) is 5.56 Å². The van der Waals surface area contributed by atoms with E-state index < -0.39 is 5.97 Å². The smallest absolute Gasteiger partial charge is 0.335 e. The molecule has 4 aromatic rings. The molecule has 0 fully saturated rings. The summed E-state index contributed by atoms with van der Waals surface area (Å²) < 4.78 is 6.40. The van der Waals surface area contributed by atoms with Gasteiger partial charge in [0.25, 0.3) is 0 Å². The zero-order valence-electron chi connectivity index (χ0n) is 19.9. The standard InChI is InChI=1S/C30H29NO3.ClH/c1-19-14-15-22(30(32)33)16-27(19)28-17-23(34-29-13-6-5-11-26(28)29)18-31-20(2)24-12-7-9-21-8-3-4-10-25(21)24;/h3-16,20,23,28,31H,17-18H2,1-2H3,(H,32,33);1H/t20?,23-,28-;/m1./s1. The lowest BCUT2D eigenvalue weighted by Gasteiger charge is -2.34. The molecule has 0 amide bonds. The van der Waals surface area contributed by atoms with Crippen molar-refractivity contribution >= 4 is 29.1 Å². The Morgan fingerprint density at radius 1 is 1.00 bits per heavy atom. The van der Waals surface area contributed by atoms with E-state index in [0.717, 1.165) is 28.9 Å². The van der Waals surface area contributed by atoms with Gasteiger partial charge in [-0.1, -0.05) is 66.7 Å². The van der Waals surface area contributed by atoms with Crippen LogP contribution in [-0.4, -0.2) is 23.7 Å². The van der Waals surface area contributed by atoms with Gasteiger partial charge in [-0.2, -0.15) is 0 Å². The van der Waals surface area contributed by atoms with Crippen LogP contribution in [0.15, 0.2) is 84.9 Å². The van der Waals surface area contributed by atoms with Crippen molar-refractivity contribution in [3.8, 4) is 5.75 Å². The van der Waals surface area contributed by atoms with Crippen LogP contribution in [-0.2, 0) is 0 Å². The molecule has 1 unspecified atom stereocenters. The van der Waals surface area contributed by atoms with Crippen molar-refractivity contribution in [2.24, 2.45) is 0 Å². The van der Waals surface area contributed by atoms with Crippen LogP contribution in [0.2, 0.25) is 0 Å². The molecule has 0 aromatic heterocycles. The van der Waals surface area contributed by atoms with Gasteiger partial charge in [-0.25, -0.2) is 4.79 Å². The molecule has 4 nitrogen and oxygen atoms in total. The van der Waals surface area contributed by atoms with Crippen LogP contribution >= 0.6 is 12.4 Å². The number of aryl methyl sites for hydroxylation is 1. The topological polar surface area (TPSA) is 58.6 Å². The highest BCUT2D eigenvalue weighted by Crippen LogP contribution is 2.41. The first kappa shape index (κ1) is 24.8. The summed E-state index contributed by atoms with van der Waals surface area (Å²) in [5.41, 5.74) is 4.87. The van der Waals surface area contributed by atoms with Crippen LogP contribution in [0.25, 0.3) is 10.8 Å². The van der Waals surface area contributed by atoms with Gasteiger partial charge in [-0.05, 0) is 65.9 Å². The summed E-state index contributed by atoms with van der Waals surface area (Å²) in [4.78, 5) is 11.6. The summed E-state index contributed by atoms with van der Waals surface area (Å²) >= 11 is 0. The van der Waals surface area contributed by atoms with Gasteiger partial charge in [-0.3, -0.25) is 0 Å². The Labute approximate surface area is 212 Å². The van der Waals surface area contributed by atoms with E-state index in [-0.39, 0.29) is 30.5 Å². The van der Waals surface area contributed by atoms with E-state index in [1.165, 1.54) is 16.3 Å². The molecule has 0 spiro atoms. The van der Waals surface area contributed by atoms with Gasteiger partial charge >= 0.3 is 5.97 Å². The molecule has 180 valence electrons. The van der Waals surface area contributed by atoms with Crippen LogP contribution < -0.4 is 10.1 Å². The van der Waals surface area contributed by atoms with E-state index in [1.807, 2.05) is 30.3 Å². The summed E-state index contributed by atoms with van der Waals surface area (Å²) in [6.45, 7) is 4.94. The van der Waals surface area contributed by atoms with Crippen LogP contribution in [0.3, 0.4) is 0 Å². The molecule has 1 aliphatic rings. The lowest BCUT2D eigenvalue weighted by Crippen LogP contribution is -2.37. The van der Waals surface area contributed by atoms with E-state index in [9.17, 15) is 9.90 Å². The number of carboxylic acids is 1. The third-order valence-electron chi connectivity index (χ3n) is 6.93. The first-order chi connectivity index (χ1) is 16.5. The van der Waals surface area contributed by atoms with Crippen molar-refractivity contribution in [1.29, 1.82) is 0 Å². The van der Waals surface area contributed by atoms with Gasteiger partial charge in [0.2, 0.25) is 0 Å². The number of carboxylic acid groups (broad SMARTS) is 1. The summed E-state index contributed by atoms with van der Waals surface area (Å²) in [6, 6.07) is 28.6. The number of rotatable bonds is 6. The molecule has 2 N–H and O–H groups in total. The van der Waals surface area contributed by atoms with Crippen molar-refractivity contribution < 1.29 is 14.6 Å². The van der Waals surface area contributed by atoms with Crippen LogP contribution in [0.1, 0.15) is 57.9 Å². The van der Waals surface area contributed by atoms with Crippen molar-refractivity contribution in [3.63, 3.8) is 0 Å². The Kier molecular flexibility index (Phi) is 7.44. The van der Waals surface area contributed by atoms with Gasteiger partial charge in [0.1, 0.15) is 11.9 Å². The number of ether oxygens (including phenoxy) is 1. The Morgan fingerprint density at radius 2 is 1.74 bits per heavy atom. The zero-order valence-corrected chi connectivity index (χ0v) is 20.7. The molecule has 0 radical (unpaired) electrons. The molecule has 0 saturated carbocycles. The second-order valence-corrected chi connectivity index (χ2v) is 9.14. The maximum atomic E-state index is 11.6. The molecule has 35 heavy (non-hydrogen) atoms. The summed E-state index contributed by atoms with van der Waals surface area (Å²) in [5.74, 6) is 0.0659. The minimum atomic E-state index is -0.899. The first-order valence-corrected chi connectivity index (χ1v) is 11.8. The fourth-order valence-corrected chi connectivity index (χ4v) is 5.11. The summed E-state index contributed by atoms with van der Waals surface area (Å²) in [7, 11) is 0. The first-order valence-electron chi connectivity index (χ1n) is 11.8. The minimum absolute atomic E-state index is 0. The molecule has 4 aromatic carbocycles. The maximum Gasteiger partial charge on any atom is 0.335 e. The lowest BCUT2D eigenvalue weighted by molar-refractivity contribution is 0.0696. The Balaban J connectivity index is 0.00000289. The normalized spacial score (nSPS) is 17.7. The molecular formula is C30H30ClNO3. The van der Waals surface area contributed by atoms with Gasteiger partial charge in [-0.15, -0.1) is 12.4 Å². The number of para-hydroxylation sites is 1. The second kappa shape index (κ2) is 10.5. The van der Waals surface area contributed by atoms with Gasteiger partial charge < -0.3 is 15.2 Å². The molecule has 1 heterocycles. The van der Waals surface area contributed by atoms with Crippen LogP contribution in [0, 0.1) is 6.92 Å². The molecule has 0 bridgehead atoms. The van der Waals surface area contributed by atoms with Gasteiger partial charge in [0, 0.05) is 24.1 Å². The Hall–Kier alpha value is -3.34. The molecular weight excluding hydrogens is 458 g/mol. The third kappa shape index (κ3) is 5.04. The predicted molar refractivity (Wildman–Crippen MR) is 143 cm³/mol. The van der Waals surface area contributed by atoms with E-state index in [2.05, 4.69) is 67.7 Å². The molecule has 5 rings (SSSR count). The average molecular weight is 488 g/mol. The highest BCUT2D eigenvalue weighted by molar-refractivity contribution is 5.88. The summed E-state index contributed by atoms with van der Waals surface area (Å²) in [6.07, 6.45) is 0.765. The molecule has 1 aliphatic heterocycles.